The molecular formula is C27H28N2O5S. The first-order valence-electron chi connectivity index (χ1n) is 11.5. The largest absolute Gasteiger partial charge is 0.508 e. The van der Waals surface area contributed by atoms with Crippen molar-refractivity contribution in [2.75, 3.05) is 17.8 Å². The van der Waals surface area contributed by atoms with Crippen LogP contribution in [-0.2, 0) is 10.0 Å². The molecule has 0 saturated carbocycles. The number of aromatic hydroxyl groups is 1. The van der Waals surface area contributed by atoms with Gasteiger partial charge in [-0.05, 0) is 80.8 Å². The van der Waals surface area contributed by atoms with Gasteiger partial charge in [0, 0.05) is 35.8 Å². The summed E-state index contributed by atoms with van der Waals surface area (Å²) in [7, 11) is -3.87. The Morgan fingerprint density at radius 3 is 2.17 bits per heavy atom. The first-order valence-corrected chi connectivity index (χ1v) is 12.9. The molecule has 35 heavy (non-hydrogen) atoms. The number of Topliss-reactive ketones (excluding diaryl/α,β-unsaturated/α-hetero) is 1. The summed E-state index contributed by atoms with van der Waals surface area (Å²) in [6.07, 6.45) is 1.05. The first-order chi connectivity index (χ1) is 16.6. The summed E-state index contributed by atoms with van der Waals surface area (Å²) in [5.41, 5.74) is 3.03. The number of likely N-dealkylation sites (tertiary alicyclic amines) is 1. The monoisotopic (exact) mass is 492 g/mol. The van der Waals surface area contributed by atoms with Crippen molar-refractivity contribution in [2.45, 2.75) is 31.6 Å². The Morgan fingerprint density at radius 2 is 1.54 bits per heavy atom. The average molecular weight is 493 g/mol. The number of nitrogens with zero attached hydrogens (tertiary/aromatic N) is 1. The Hall–Kier alpha value is -3.65. The predicted molar refractivity (Wildman–Crippen MR) is 134 cm³/mol. The number of ketones is 1. The van der Waals surface area contributed by atoms with Crippen molar-refractivity contribution in [3.63, 3.8) is 0 Å². The zero-order chi connectivity index (χ0) is 25.2. The second-order valence-electron chi connectivity index (χ2n) is 8.93. The second-order valence-corrected chi connectivity index (χ2v) is 10.6. The van der Waals surface area contributed by atoms with Gasteiger partial charge in [-0.15, -0.1) is 0 Å². The van der Waals surface area contributed by atoms with Crippen LogP contribution in [0.4, 0.5) is 5.69 Å². The quantitative estimate of drug-likeness (QED) is 0.492. The maximum absolute atomic E-state index is 13.3. The van der Waals surface area contributed by atoms with Crippen LogP contribution < -0.4 is 4.72 Å². The number of carbonyl (C=O) groups excluding carboxylic acids is 2. The highest BCUT2D eigenvalue weighted by molar-refractivity contribution is 7.92. The van der Waals surface area contributed by atoms with Gasteiger partial charge in [0.05, 0.1) is 4.90 Å². The van der Waals surface area contributed by atoms with E-state index in [2.05, 4.69) is 4.72 Å². The average Bonchev–Trinajstić information content (AvgIpc) is 2.85. The maximum atomic E-state index is 13.3. The van der Waals surface area contributed by atoms with Crippen molar-refractivity contribution in [2.24, 2.45) is 5.92 Å². The highest BCUT2D eigenvalue weighted by Gasteiger charge is 2.29. The van der Waals surface area contributed by atoms with E-state index in [-0.39, 0.29) is 28.3 Å². The van der Waals surface area contributed by atoms with Crippen LogP contribution in [0.2, 0.25) is 0 Å². The molecule has 182 valence electrons. The summed E-state index contributed by atoms with van der Waals surface area (Å²) in [5, 5.41) is 9.43. The molecule has 4 rings (SSSR count). The van der Waals surface area contributed by atoms with Crippen LogP contribution in [0.25, 0.3) is 0 Å². The maximum Gasteiger partial charge on any atom is 0.261 e. The minimum atomic E-state index is -3.87. The summed E-state index contributed by atoms with van der Waals surface area (Å²) in [6.45, 7) is 4.51. The second kappa shape index (κ2) is 9.92. The predicted octanol–water partition coefficient (Wildman–Crippen LogP) is 4.54. The molecule has 2 N–H and O–H groups in total. The lowest BCUT2D eigenvalue weighted by atomic mass is 9.88. The van der Waals surface area contributed by atoms with Crippen LogP contribution in [-0.4, -0.2) is 43.2 Å². The van der Waals surface area contributed by atoms with E-state index in [1.807, 2.05) is 19.1 Å². The Kier molecular flexibility index (Phi) is 6.93. The van der Waals surface area contributed by atoms with Crippen molar-refractivity contribution < 1.29 is 23.1 Å². The molecule has 1 saturated heterocycles. The number of phenolic OH excluding ortho intramolecular Hbond substituents is 1. The summed E-state index contributed by atoms with van der Waals surface area (Å²) in [4.78, 5) is 27.7. The van der Waals surface area contributed by atoms with E-state index in [1.165, 1.54) is 24.3 Å². The van der Waals surface area contributed by atoms with E-state index >= 15 is 0 Å². The van der Waals surface area contributed by atoms with Crippen LogP contribution in [0.15, 0.2) is 71.6 Å². The molecule has 0 bridgehead atoms. The fraction of sp³-hybridized carbons (Fsp3) is 0.259. The fourth-order valence-electron chi connectivity index (χ4n) is 4.21. The van der Waals surface area contributed by atoms with Crippen molar-refractivity contribution in [1.29, 1.82) is 0 Å². The van der Waals surface area contributed by atoms with E-state index in [9.17, 15) is 23.1 Å². The van der Waals surface area contributed by atoms with E-state index in [0.29, 0.717) is 48.3 Å². The number of rotatable bonds is 6. The number of phenols is 1. The highest BCUT2D eigenvalue weighted by Crippen LogP contribution is 2.26. The van der Waals surface area contributed by atoms with Crippen molar-refractivity contribution in [3.8, 4) is 5.75 Å². The number of amides is 1. The molecule has 0 radical (unpaired) electrons. The van der Waals surface area contributed by atoms with Gasteiger partial charge in [0.1, 0.15) is 5.75 Å². The van der Waals surface area contributed by atoms with Gasteiger partial charge >= 0.3 is 0 Å². The zero-order valence-corrected chi connectivity index (χ0v) is 20.5. The Balaban J connectivity index is 1.46. The van der Waals surface area contributed by atoms with Crippen molar-refractivity contribution in [3.05, 3.63) is 89.0 Å². The number of benzene rings is 3. The van der Waals surface area contributed by atoms with Gasteiger partial charge in [0.15, 0.2) is 5.78 Å². The lowest BCUT2D eigenvalue weighted by molar-refractivity contribution is 0.0649. The third-order valence-electron chi connectivity index (χ3n) is 6.36. The third kappa shape index (κ3) is 5.54. The van der Waals surface area contributed by atoms with E-state index in [1.54, 1.807) is 42.2 Å². The molecular weight excluding hydrogens is 464 g/mol. The smallest absolute Gasteiger partial charge is 0.261 e. The van der Waals surface area contributed by atoms with Crippen LogP contribution in [0.5, 0.6) is 5.75 Å². The normalized spacial score (nSPS) is 14.5. The van der Waals surface area contributed by atoms with Gasteiger partial charge in [-0.25, -0.2) is 8.42 Å². The van der Waals surface area contributed by atoms with Crippen LogP contribution in [0.1, 0.15) is 44.7 Å². The zero-order valence-electron chi connectivity index (χ0n) is 19.7. The number of carbonyl (C=O) groups is 2. The number of nitrogens with one attached hydrogen (secondary N) is 1. The molecule has 3 aromatic rings. The first kappa shape index (κ1) is 24.5. The number of sulfonamides is 1. The molecule has 0 spiro atoms. The number of aryl methyl sites for hydroxylation is 2. The van der Waals surface area contributed by atoms with Gasteiger partial charge in [-0.3, -0.25) is 14.3 Å². The third-order valence-corrected chi connectivity index (χ3v) is 7.74. The molecule has 1 aliphatic rings. The van der Waals surface area contributed by atoms with E-state index in [0.717, 1.165) is 5.56 Å². The molecule has 0 aliphatic carbocycles. The Morgan fingerprint density at radius 1 is 0.914 bits per heavy atom. The van der Waals surface area contributed by atoms with Crippen molar-refractivity contribution in [1.82, 2.24) is 4.90 Å². The van der Waals surface area contributed by atoms with Gasteiger partial charge in [-0.2, -0.15) is 0 Å². The van der Waals surface area contributed by atoms with E-state index in [4.69, 9.17) is 0 Å². The molecule has 0 atom stereocenters. The molecule has 1 amide bonds. The molecule has 0 unspecified atom stereocenters. The Bertz CT molecular complexity index is 1340. The van der Waals surface area contributed by atoms with Crippen LogP contribution >= 0.6 is 0 Å². The van der Waals surface area contributed by atoms with Crippen LogP contribution in [0, 0.1) is 19.8 Å². The van der Waals surface area contributed by atoms with E-state index < -0.39 is 10.0 Å². The molecule has 7 nitrogen and oxygen atoms in total. The van der Waals surface area contributed by atoms with Gasteiger partial charge in [-0.1, -0.05) is 23.8 Å². The summed E-state index contributed by atoms with van der Waals surface area (Å²) in [5.74, 6) is -0.334. The van der Waals surface area contributed by atoms with Gasteiger partial charge in [0.2, 0.25) is 0 Å². The number of piperidine rings is 1. The fourth-order valence-corrected chi connectivity index (χ4v) is 5.30. The molecule has 3 aromatic carbocycles. The topological polar surface area (TPSA) is 104 Å². The minimum Gasteiger partial charge on any atom is -0.508 e. The summed E-state index contributed by atoms with van der Waals surface area (Å²) in [6, 6.07) is 17.8. The van der Waals surface area contributed by atoms with Gasteiger partial charge < -0.3 is 10.0 Å². The standard InChI is InChI=1S/C27H28N2O5S/c1-18-3-8-22(9-4-18)28-35(33,34)24-12-5-19(2)25(17-24)27(32)29-15-13-21(14-16-29)26(31)20-6-10-23(30)11-7-20/h3-12,17,21,28,30H,13-16H2,1-2H3. The Labute approximate surface area is 205 Å². The SMILES string of the molecule is Cc1ccc(NS(=O)(=O)c2ccc(C)c(C(=O)N3CCC(C(=O)c4ccc(O)cc4)CC3)c2)cc1. The summed E-state index contributed by atoms with van der Waals surface area (Å²) < 4.78 is 28.4. The highest BCUT2D eigenvalue weighted by atomic mass is 32.2. The molecule has 1 aliphatic heterocycles. The lowest BCUT2D eigenvalue weighted by Gasteiger charge is -2.32. The van der Waals surface area contributed by atoms with Gasteiger partial charge in [0.25, 0.3) is 15.9 Å². The molecule has 1 heterocycles. The summed E-state index contributed by atoms with van der Waals surface area (Å²) >= 11 is 0. The number of anilines is 1. The number of hydrogen-bond acceptors (Lipinski definition) is 5. The minimum absolute atomic E-state index is 0.00329. The molecule has 1 fully saturated rings. The van der Waals surface area contributed by atoms with Crippen molar-refractivity contribution >= 4 is 27.4 Å². The van der Waals surface area contributed by atoms with Crippen LogP contribution in [0.3, 0.4) is 0 Å². The molecule has 0 aromatic heterocycles. The lowest BCUT2D eigenvalue weighted by Crippen LogP contribution is -2.40. The number of hydrogen-bond donors (Lipinski definition) is 2. The molecule has 8 heteroatoms.